The lowest BCUT2D eigenvalue weighted by atomic mass is 10.1. The van der Waals surface area contributed by atoms with Gasteiger partial charge in [-0.05, 0) is 49.1 Å². The fourth-order valence-electron chi connectivity index (χ4n) is 2.81. The zero-order valence-electron chi connectivity index (χ0n) is 11.9. The summed E-state index contributed by atoms with van der Waals surface area (Å²) in [6.07, 6.45) is 6.27. The van der Waals surface area contributed by atoms with E-state index in [-0.39, 0.29) is 0 Å². The number of nitrogen functional groups attached to an aromatic ring is 1. The summed E-state index contributed by atoms with van der Waals surface area (Å²) in [4.78, 5) is 9.30. The van der Waals surface area contributed by atoms with E-state index >= 15 is 0 Å². The lowest BCUT2D eigenvalue weighted by Crippen LogP contribution is -2.04. The third kappa shape index (κ3) is 2.37. The highest BCUT2D eigenvalue weighted by Crippen LogP contribution is 2.38. The topological polar surface area (TPSA) is 56.7 Å². The SMILES string of the molecule is Nc1ccc(CCc2nc3cccnc3n2C2CC2)cc1. The van der Waals surface area contributed by atoms with Crippen molar-refractivity contribution in [3.63, 3.8) is 0 Å². The van der Waals surface area contributed by atoms with Crippen LogP contribution in [-0.4, -0.2) is 14.5 Å². The van der Waals surface area contributed by atoms with Crippen LogP contribution in [0.2, 0.25) is 0 Å². The number of hydrogen-bond acceptors (Lipinski definition) is 3. The highest BCUT2D eigenvalue weighted by Gasteiger charge is 2.28. The molecule has 0 amide bonds. The second-order valence-corrected chi connectivity index (χ2v) is 5.72. The van der Waals surface area contributed by atoms with E-state index in [2.05, 4.69) is 21.7 Å². The summed E-state index contributed by atoms with van der Waals surface area (Å²) in [7, 11) is 0. The van der Waals surface area contributed by atoms with Crippen molar-refractivity contribution in [2.45, 2.75) is 31.7 Å². The number of aryl methyl sites for hydroxylation is 2. The Morgan fingerprint density at radius 1 is 1.10 bits per heavy atom. The first-order chi connectivity index (χ1) is 10.3. The Kier molecular flexibility index (Phi) is 2.88. The zero-order chi connectivity index (χ0) is 14.2. The standard InChI is InChI=1S/C17H18N4/c18-13-6-3-12(4-7-13)5-10-16-20-15-2-1-11-19-17(15)21(16)14-8-9-14/h1-4,6-7,11,14H,5,8-10,18H2. The predicted octanol–water partition coefficient (Wildman–Crippen LogP) is 3.13. The molecule has 1 fully saturated rings. The van der Waals surface area contributed by atoms with Crippen molar-refractivity contribution in [3.8, 4) is 0 Å². The minimum absolute atomic E-state index is 0.603. The molecule has 2 N–H and O–H groups in total. The number of anilines is 1. The van der Waals surface area contributed by atoms with Crippen LogP contribution in [0.3, 0.4) is 0 Å². The molecule has 106 valence electrons. The van der Waals surface area contributed by atoms with Gasteiger partial charge in [-0.3, -0.25) is 0 Å². The summed E-state index contributed by atoms with van der Waals surface area (Å²) in [5.74, 6) is 1.16. The van der Waals surface area contributed by atoms with Crippen LogP contribution in [0.25, 0.3) is 11.2 Å². The van der Waals surface area contributed by atoms with Gasteiger partial charge in [-0.25, -0.2) is 9.97 Å². The Balaban J connectivity index is 1.63. The van der Waals surface area contributed by atoms with Crippen LogP contribution in [0, 0.1) is 0 Å². The van der Waals surface area contributed by atoms with Crippen LogP contribution in [-0.2, 0) is 12.8 Å². The number of nitrogens with zero attached hydrogens (tertiary/aromatic N) is 3. The lowest BCUT2D eigenvalue weighted by molar-refractivity contribution is 0.686. The number of aromatic nitrogens is 3. The van der Waals surface area contributed by atoms with E-state index in [9.17, 15) is 0 Å². The summed E-state index contributed by atoms with van der Waals surface area (Å²) < 4.78 is 2.34. The van der Waals surface area contributed by atoms with Crippen molar-refractivity contribution in [2.75, 3.05) is 5.73 Å². The molecule has 0 radical (unpaired) electrons. The highest BCUT2D eigenvalue weighted by atomic mass is 15.2. The molecule has 21 heavy (non-hydrogen) atoms. The molecule has 0 bridgehead atoms. The van der Waals surface area contributed by atoms with Gasteiger partial charge in [-0.15, -0.1) is 0 Å². The Labute approximate surface area is 123 Å². The van der Waals surface area contributed by atoms with Crippen LogP contribution in [0.5, 0.6) is 0 Å². The van der Waals surface area contributed by atoms with Gasteiger partial charge in [0, 0.05) is 24.3 Å². The molecule has 0 spiro atoms. The smallest absolute Gasteiger partial charge is 0.160 e. The van der Waals surface area contributed by atoms with Crippen molar-refractivity contribution in [2.24, 2.45) is 0 Å². The molecule has 2 heterocycles. The molecule has 0 aliphatic heterocycles. The molecule has 1 aromatic carbocycles. The molecule has 2 aromatic heterocycles. The number of hydrogen-bond donors (Lipinski definition) is 1. The minimum atomic E-state index is 0.603. The van der Waals surface area contributed by atoms with Crippen molar-refractivity contribution in [3.05, 3.63) is 54.0 Å². The first-order valence-electron chi connectivity index (χ1n) is 7.47. The summed E-state index contributed by atoms with van der Waals surface area (Å²) in [6, 6.07) is 12.7. The van der Waals surface area contributed by atoms with Crippen molar-refractivity contribution >= 4 is 16.9 Å². The molecule has 1 aliphatic rings. The maximum absolute atomic E-state index is 5.73. The van der Waals surface area contributed by atoms with Gasteiger partial charge in [0.1, 0.15) is 11.3 Å². The van der Waals surface area contributed by atoms with E-state index in [1.54, 1.807) is 0 Å². The van der Waals surface area contributed by atoms with Gasteiger partial charge >= 0.3 is 0 Å². The maximum Gasteiger partial charge on any atom is 0.160 e. The van der Waals surface area contributed by atoms with Crippen LogP contribution in [0.15, 0.2) is 42.6 Å². The summed E-state index contributed by atoms with van der Waals surface area (Å²) in [5, 5.41) is 0. The Morgan fingerprint density at radius 2 is 1.90 bits per heavy atom. The largest absolute Gasteiger partial charge is 0.399 e. The molecular weight excluding hydrogens is 260 g/mol. The normalized spacial score (nSPS) is 14.7. The van der Waals surface area contributed by atoms with E-state index in [4.69, 9.17) is 10.7 Å². The Bertz CT molecular complexity index is 769. The molecule has 0 atom stereocenters. The second-order valence-electron chi connectivity index (χ2n) is 5.72. The summed E-state index contributed by atoms with van der Waals surface area (Å²) >= 11 is 0. The van der Waals surface area contributed by atoms with Gasteiger partial charge in [0.05, 0.1) is 0 Å². The van der Waals surface area contributed by atoms with Crippen LogP contribution in [0.1, 0.15) is 30.3 Å². The number of pyridine rings is 1. The fraction of sp³-hybridized carbons (Fsp3) is 0.294. The first-order valence-corrected chi connectivity index (χ1v) is 7.47. The number of fused-ring (bicyclic) bond motifs is 1. The highest BCUT2D eigenvalue weighted by molar-refractivity contribution is 5.71. The monoisotopic (exact) mass is 278 g/mol. The molecule has 4 heteroatoms. The number of rotatable bonds is 4. The molecule has 4 rings (SSSR count). The number of nitrogens with two attached hydrogens (primary N) is 1. The van der Waals surface area contributed by atoms with Gasteiger partial charge in [0.25, 0.3) is 0 Å². The predicted molar refractivity (Wildman–Crippen MR) is 84.1 cm³/mol. The Hall–Kier alpha value is -2.36. The maximum atomic E-state index is 5.73. The van der Waals surface area contributed by atoms with E-state index in [0.717, 1.165) is 35.5 Å². The molecule has 0 saturated heterocycles. The summed E-state index contributed by atoms with van der Waals surface area (Å²) in [6.45, 7) is 0. The fourth-order valence-corrected chi connectivity index (χ4v) is 2.81. The van der Waals surface area contributed by atoms with Crippen molar-refractivity contribution < 1.29 is 0 Å². The van der Waals surface area contributed by atoms with Crippen LogP contribution >= 0.6 is 0 Å². The van der Waals surface area contributed by atoms with Gasteiger partial charge in [0.2, 0.25) is 0 Å². The summed E-state index contributed by atoms with van der Waals surface area (Å²) in [5.41, 5.74) is 9.89. The quantitative estimate of drug-likeness (QED) is 0.746. The van der Waals surface area contributed by atoms with Crippen molar-refractivity contribution in [1.82, 2.24) is 14.5 Å². The number of imidazole rings is 1. The molecule has 3 aromatic rings. The van der Waals surface area contributed by atoms with E-state index in [0.29, 0.717) is 6.04 Å². The van der Waals surface area contributed by atoms with E-state index in [1.807, 2.05) is 30.5 Å². The van der Waals surface area contributed by atoms with Crippen LogP contribution in [0.4, 0.5) is 5.69 Å². The molecular formula is C17H18N4. The average molecular weight is 278 g/mol. The molecule has 4 nitrogen and oxygen atoms in total. The molecule has 0 unspecified atom stereocenters. The van der Waals surface area contributed by atoms with Crippen molar-refractivity contribution in [1.29, 1.82) is 0 Å². The lowest BCUT2D eigenvalue weighted by Gasteiger charge is -2.07. The van der Waals surface area contributed by atoms with Gasteiger partial charge in [-0.2, -0.15) is 0 Å². The second kappa shape index (κ2) is 4.88. The minimum Gasteiger partial charge on any atom is -0.399 e. The Morgan fingerprint density at radius 3 is 2.67 bits per heavy atom. The number of benzene rings is 1. The zero-order valence-corrected chi connectivity index (χ0v) is 11.9. The average Bonchev–Trinajstić information content (AvgIpc) is 3.27. The molecule has 1 saturated carbocycles. The van der Waals surface area contributed by atoms with E-state index < -0.39 is 0 Å². The van der Waals surface area contributed by atoms with E-state index in [1.165, 1.54) is 18.4 Å². The van der Waals surface area contributed by atoms with Gasteiger partial charge < -0.3 is 10.3 Å². The molecule has 1 aliphatic carbocycles. The van der Waals surface area contributed by atoms with Gasteiger partial charge in [0.15, 0.2) is 5.65 Å². The van der Waals surface area contributed by atoms with Crippen LogP contribution < -0.4 is 5.73 Å². The first kappa shape index (κ1) is 12.4. The third-order valence-corrected chi connectivity index (χ3v) is 4.05. The third-order valence-electron chi connectivity index (χ3n) is 4.05. The van der Waals surface area contributed by atoms with Gasteiger partial charge in [-0.1, -0.05) is 12.1 Å².